The zero-order valence-corrected chi connectivity index (χ0v) is 13.1. The molecule has 22 heavy (non-hydrogen) atoms. The number of nitrogens with zero attached hydrogens (tertiary/aromatic N) is 1. The van der Waals surface area contributed by atoms with Crippen LogP contribution >= 0.6 is 0 Å². The van der Waals surface area contributed by atoms with Crippen LogP contribution in [-0.4, -0.2) is 34.5 Å². The number of aliphatic carboxylic acids is 1. The Morgan fingerprint density at radius 3 is 2.50 bits per heavy atom. The van der Waals surface area contributed by atoms with E-state index >= 15 is 0 Å². The van der Waals surface area contributed by atoms with Gasteiger partial charge in [-0.3, -0.25) is 9.59 Å². The van der Waals surface area contributed by atoms with Gasteiger partial charge in [0.2, 0.25) is 0 Å². The number of rotatable bonds is 4. The molecule has 1 heterocycles. The van der Waals surface area contributed by atoms with Gasteiger partial charge < -0.3 is 10.0 Å². The summed E-state index contributed by atoms with van der Waals surface area (Å²) in [6.45, 7) is 3.94. The molecule has 0 bridgehead atoms. The lowest BCUT2D eigenvalue weighted by Crippen LogP contribution is -2.44. The fraction of sp³-hybridized carbons (Fsp3) is 0.529. The van der Waals surface area contributed by atoms with Crippen LogP contribution in [0.1, 0.15) is 53.6 Å². The number of carbonyl (C=O) groups is 2. The van der Waals surface area contributed by atoms with Gasteiger partial charge in [-0.25, -0.2) is 4.39 Å². The highest BCUT2D eigenvalue weighted by molar-refractivity contribution is 5.95. The van der Waals surface area contributed by atoms with Gasteiger partial charge in [0.25, 0.3) is 5.91 Å². The fourth-order valence-corrected chi connectivity index (χ4v) is 3.09. The van der Waals surface area contributed by atoms with Crippen molar-refractivity contribution < 1.29 is 19.1 Å². The molecule has 1 aliphatic rings. The van der Waals surface area contributed by atoms with Crippen molar-refractivity contribution in [1.82, 2.24) is 4.90 Å². The molecule has 1 saturated heterocycles. The third-order valence-electron chi connectivity index (χ3n) is 4.26. The Hall–Kier alpha value is -1.91. The number of amides is 1. The summed E-state index contributed by atoms with van der Waals surface area (Å²) in [7, 11) is 0. The second-order valence-electron chi connectivity index (χ2n) is 6.00. The number of piperidine rings is 1. The summed E-state index contributed by atoms with van der Waals surface area (Å²) in [4.78, 5) is 25.3. The molecule has 1 atom stereocenters. The Balaban J connectivity index is 2.20. The molecule has 2 rings (SSSR count). The second kappa shape index (κ2) is 6.90. The number of likely N-dealkylation sites (tertiary alicyclic amines) is 1. The highest BCUT2D eigenvalue weighted by atomic mass is 19.1. The zero-order chi connectivity index (χ0) is 16.3. The molecule has 1 amide bonds. The van der Waals surface area contributed by atoms with Gasteiger partial charge in [0.15, 0.2) is 0 Å². The molecule has 0 spiro atoms. The number of hydrogen-bond donors (Lipinski definition) is 1. The maximum absolute atomic E-state index is 13.7. The molecule has 5 heteroatoms. The van der Waals surface area contributed by atoms with E-state index in [4.69, 9.17) is 5.11 Å². The van der Waals surface area contributed by atoms with E-state index in [0.717, 1.165) is 19.3 Å². The van der Waals surface area contributed by atoms with E-state index in [2.05, 4.69) is 0 Å². The standard InChI is InChI=1S/C17H22FNO3/c1-11-9-13(10-12(2)16(11)18)17(22)19-8-4-3-5-14(19)6-7-15(20)21/h9-10,14H,3-8H2,1-2H3,(H,20,21). The minimum absolute atomic E-state index is 0.0389. The van der Waals surface area contributed by atoms with Gasteiger partial charge in [0, 0.05) is 24.6 Å². The van der Waals surface area contributed by atoms with Crippen molar-refractivity contribution in [3.05, 3.63) is 34.6 Å². The second-order valence-corrected chi connectivity index (χ2v) is 6.00. The number of carboxylic acids is 1. The quantitative estimate of drug-likeness (QED) is 0.928. The van der Waals surface area contributed by atoms with E-state index in [-0.39, 0.29) is 24.2 Å². The Bertz CT molecular complexity index is 562. The molecule has 4 nitrogen and oxygen atoms in total. The minimum Gasteiger partial charge on any atom is -0.481 e. The largest absolute Gasteiger partial charge is 0.481 e. The topological polar surface area (TPSA) is 57.6 Å². The van der Waals surface area contributed by atoms with Crippen LogP contribution in [0.15, 0.2) is 12.1 Å². The SMILES string of the molecule is Cc1cc(C(=O)N2CCCCC2CCC(=O)O)cc(C)c1F. The average Bonchev–Trinajstić information content (AvgIpc) is 2.49. The highest BCUT2D eigenvalue weighted by Crippen LogP contribution is 2.24. The molecule has 1 N–H and O–H groups in total. The van der Waals surface area contributed by atoms with E-state index in [0.29, 0.717) is 29.7 Å². The molecular formula is C17H22FNO3. The first kappa shape index (κ1) is 16.5. The first-order chi connectivity index (χ1) is 10.4. The smallest absolute Gasteiger partial charge is 0.303 e. The normalized spacial score (nSPS) is 18.3. The van der Waals surface area contributed by atoms with Crippen molar-refractivity contribution in [3.8, 4) is 0 Å². The number of hydrogen-bond acceptors (Lipinski definition) is 2. The van der Waals surface area contributed by atoms with Crippen molar-refractivity contribution in [3.63, 3.8) is 0 Å². The summed E-state index contributed by atoms with van der Waals surface area (Å²) in [5, 5.41) is 8.84. The Kier molecular flexibility index (Phi) is 5.16. The molecule has 1 unspecified atom stereocenters. The highest BCUT2D eigenvalue weighted by Gasteiger charge is 2.28. The zero-order valence-electron chi connectivity index (χ0n) is 13.1. The van der Waals surface area contributed by atoms with Gasteiger partial charge >= 0.3 is 5.97 Å². The summed E-state index contributed by atoms with van der Waals surface area (Å²) >= 11 is 0. The molecule has 1 fully saturated rings. The number of benzene rings is 1. The minimum atomic E-state index is -0.841. The Labute approximate surface area is 129 Å². The van der Waals surface area contributed by atoms with E-state index in [1.165, 1.54) is 0 Å². The first-order valence-electron chi connectivity index (χ1n) is 7.69. The van der Waals surface area contributed by atoms with E-state index in [9.17, 15) is 14.0 Å². The molecule has 1 aliphatic heterocycles. The Morgan fingerprint density at radius 2 is 1.91 bits per heavy atom. The summed E-state index contributed by atoms with van der Waals surface area (Å²) in [5.74, 6) is -1.25. The van der Waals surface area contributed by atoms with Crippen molar-refractivity contribution in [1.29, 1.82) is 0 Å². The van der Waals surface area contributed by atoms with Gasteiger partial charge in [-0.15, -0.1) is 0 Å². The third kappa shape index (κ3) is 3.64. The molecule has 0 radical (unpaired) electrons. The van der Waals surface area contributed by atoms with Crippen LogP contribution in [0.5, 0.6) is 0 Å². The summed E-state index contributed by atoms with van der Waals surface area (Å²) < 4.78 is 13.7. The molecule has 1 aromatic carbocycles. The van der Waals surface area contributed by atoms with Crippen LogP contribution < -0.4 is 0 Å². The molecule has 1 aromatic rings. The van der Waals surface area contributed by atoms with Gasteiger partial charge in [-0.1, -0.05) is 0 Å². The van der Waals surface area contributed by atoms with Crippen molar-refractivity contribution in [2.24, 2.45) is 0 Å². The average molecular weight is 307 g/mol. The maximum atomic E-state index is 13.7. The third-order valence-corrected chi connectivity index (χ3v) is 4.26. The predicted molar refractivity (Wildman–Crippen MR) is 81.4 cm³/mol. The van der Waals surface area contributed by atoms with Crippen molar-refractivity contribution >= 4 is 11.9 Å². The predicted octanol–water partition coefficient (Wildman–Crippen LogP) is 3.30. The Morgan fingerprint density at radius 1 is 1.27 bits per heavy atom. The molecule has 0 aromatic heterocycles. The number of carbonyl (C=O) groups excluding carboxylic acids is 1. The van der Waals surface area contributed by atoms with E-state index in [1.807, 2.05) is 0 Å². The molecule has 120 valence electrons. The molecular weight excluding hydrogens is 285 g/mol. The fourth-order valence-electron chi connectivity index (χ4n) is 3.09. The van der Waals surface area contributed by atoms with Crippen LogP contribution in [-0.2, 0) is 4.79 Å². The number of aryl methyl sites for hydroxylation is 2. The molecule has 0 saturated carbocycles. The summed E-state index contributed by atoms with van der Waals surface area (Å²) in [6, 6.07) is 3.11. The van der Waals surface area contributed by atoms with E-state index < -0.39 is 5.97 Å². The lowest BCUT2D eigenvalue weighted by molar-refractivity contribution is -0.137. The summed E-state index contributed by atoms with van der Waals surface area (Å²) in [6.07, 6.45) is 3.30. The summed E-state index contributed by atoms with van der Waals surface area (Å²) in [5.41, 5.74) is 1.41. The van der Waals surface area contributed by atoms with Gasteiger partial charge in [-0.05, 0) is 62.8 Å². The monoisotopic (exact) mass is 307 g/mol. The first-order valence-corrected chi connectivity index (χ1v) is 7.69. The van der Waals surface area contributed by atoms with Crippen LogP contribution in [0.25, 0.3) is 0 Å². The van der Waals surface area contributed by atoms with Crippen LogP contribution in [0.4, 0.5) is 4.39 Å². The molecule has 0 aliphatic carbocycles. The van der Waals surface area contributed by atoms with Crippen LogP contribution in [0, 0.1) is 19.7 Å². The number of halogens is 1. The maximum Gasteiger partial charge on any atom is 0.303 e. The van der Waals surface area contributed by atoms with Gasteiger partial charge in [0.05, 0.1) is 0 Å². The van der Waals surface area contributed by atoms with Crippen LogP contribution in [0.3, 0.4) is 0 Å². The van der Waals surface area contributed by atoms with Crippen molar-refractivity contribution in [2.75, 3.05) is 6.54 Å². The number of carboxylic acid groups (broad SMARTS) is 1. The van der Waals surface area contributed by atoms with E-state index in [1.54, 1.807) is 30.9 Å². The lowest BCUT2D eigenvalue weighted by atomic mass is 9.96. The lowest BCUT2D eigenvalue weighted by Gasteiger charge is -2.36. The van der Waals surface area contributed by atoms with Crippen molar-refractivity contribution in [2.45, 2.75) is 52.0 Å². The van der Waals surface area contributed by atoms with Crippen LogP contribution in [0.2, 0.25) is 0 Å². The van der Waals surface area contributed by atoms with Gasteiger partial charge in [-0.2, -0.15) is 0 Å². The van der Waals surface area contributed by atoms with Gasteiger partial charge in [0.1, 0.15) is 5.82 Å².